The van der Waals surface area contributed by atoms with Crippen LogP contribution in [-0.4, -0.2) is 62.1 Å². The Morgan fingerprint density at radius 3 is 2.50 bits per heavy atom. The molecular formula is C15H22N2O5. The van der Waals surface area contributed by atoms with Crippen LogP contribution in [0.1, 0.15) is 12.8 Å². The fraction of sp³-hybridized carbons (Fsp3) is 0.533. The van der Waals surface area contributed by atoms with Crippen LogP contribution in [0, 0.1) is 0 Å². The predicted octanol–water partition coefficient (Wildman–Crippen LogP) is 0.0270. The molecule has 0 atom stereocenters. The largest absolute Gasteiger partial charge is 0.379 e. The Balaban J connectivity index is 1.93. The summed E-state index contributed by atoms with van der Waals surface area (Å²) in [4.78, 5) is 35.1. The van der Waals surface area contributed by atoms with Crippen LogP contribution >= 0.6 is 0 Å². The van der Waals surface area contributed by atoms with Crippen molar-refractivity contribution in [3.63, 3.8) is 0 Å². The van der Waals surface area contributed by atoms with E-state index in [1.165, 1.54) is 12.2 Å². The summed E-state index contributed by atoms with van der Waals surface area (Å²) in [7, 11) is 0. The highest BCUT2D eigenvalue weighted by molar-refractivity contribution is 6.12. The first-order valence-corrected chi connectivity index (χ1v) is 7.21. The van der Waals surface area contributed by atoms with Crippen LogP contribution in [0.5, 0.6) is 0 Å². The molecule has 0 aromatic rings. The molecule has 0 saturated carbocycles. The minimum Gasteiger partial charge on any atom is -0.379 e. The second-order valence-corrected chi connectivity index (χ2v) is 4.56. The summed E-state index contributed by atoms with van der Waals surface area (Å²) in [6.07, 6.45) is 5.25. The molecule has 0 radical (unpaired) electrons. The van der Waals surface area contributed by atoms with Crippen molar-refractivity contribution in [3.05, 3.63) is 24.8 Å². The maximum absolute atomic E-state index is 11.5. The van der Waals surface area contributed by atoms with Crippen LogP contribution < -0.4 is 5.32 Å². The van der Waals surface area contributed by atoms with Gasteiger partial charge in [-0.2, -0.15) is 0 Å². The van der Waals surface area contributed by atoms with Gasteiger partial charge in [0.2, 0.25) is 5.91 Å². The van der Waals surface area contributed by atoms with E-state index in [9.17, 15) is 14.4 Å². The topological polar surface area (TPSA) is 84.9 Å². The number of ether oxygens (including phenoxy) is 2. The van der Waals surface area contributed by atoms with Crippen molar-refractivity contribution in [2.75, 3.05) is 39.5 Å². The molecular weight excluding hydrogens is 288 g/mol. The molecule has 0 aromatic carbocycles. The summed E-state index contributed by atoms with van der Waals surface area (Å²) >= 11 is 0. The van der Waals surface area contributed by atoms with Gasteiger partial charge in [-0.15, -0.1) is 6.58 Å². The van der Waals surface area contributed by atoms with Gasteiger partial charge in [-0.1, -0.05) is 6.08 Å². The third-order valence-electron chi connectivity index (χ3n) is 2.87. The van der Waals surface area contributed by atoms with Gasteiger partial charge in [-0.3, -0.25) is 19.3 Å². The normalized spacial score (nSPS) is 13.7. The van der Waals surface area contributed by atoms with Crippen LogP contribution in [0.2, 0.25) is 0 Å². The van der Waals surface area contributed by atoms with Crippen LogP contribution in [-0.2, 0) is 23.9 Å². The number of imide groups is 1. The number of hydrogen-bond donors (Lipinski definition) is 1. The summed E-state index contributed by atoms with van der Waals surface area (Å²) in [5.41, 5.74) is 0. The Labute approximate surface area is 129 Å². The lowest BCUT2D eigenvalue weighted by molar-refractivity contribution is -0.138. The first-order valence-electron chi connectivity index (χ1n) is 7.21. The lowest BCUT2D eigenvalue weighted by Crippen LogP contribution is -2.33. The molecule has 22 heavy (non-hydrogen) atoms. The molecule has 1 aliphatic rings. The van der Waals surface area contributed by atoms with Gasteiger partial charge in [0.25, 0.3) is 11.8 Å². The van der Waals surface area contributed by atoms with Gasteiger partial charge >= 0.3 is 0 Å². The van der Waals surface area contributed by atoms with Crippen molar-refractivity contribution in [3.8, 4) is 0 Å². The van der Waals surface area contributed by atoms with Gasteiger partial charge in [-0.25, -0.2) is 0 Å². The highest BCUT2D eigenvalue weighted by Crippen LogP contribution is 2.02. The average Bonchev–Trinajstić information content (AvgIpc) is 2.82. The van der Waals surface area contributed by atoms with Gasteiger partial charge in [0.05, 0.1) is 33.0 Å². The third kappa shape index (κ3) is 7.14. The Kier molecular flexibility index (Phi) is 8.78. The lowest BCUT2D eigenvalue weighted by Gasteiger charge is -2.13. The molecule has 0 unspecified atom stereocenters. The molecule has 0 spiro atoms. The van der Waals surface area contributed by atoms with Crippen molar-refractivity contribution in [2.24, 2.45) is 0 Å². The predicted molar refractivity (Wildman–Crippen MR) is 79.9 cm³/mol. The number of carbonyl (C=O) groups excluding carboxylic acids is 3. The maximum atomic E-state index is 11.5. The summed E-state index contributed by atoms with van der Waals surface area (Å²) < 4.78 is 10.5. The van der Waals surface area contributed by atoms with Crippen LogP contribution in [0.25, 0.3) is 0 Å². The fourth-order valence-corrected chi connectivity index (χ4v) is 1.69. The van der Waals surface area contributed by atoms with Crippen LogP contribution in [0.15, 0.2) is 24.8 Å². The molecule has 3 amide bonds. The molecule has 0 aliphatic carbocycles. The molecule has 1 N–H and O–H groups in total. The summed E-state index contributed by atoms with van der Waals surface area (Å²) in [6, 6.07) is 0. The molecule has 7 nitrogen and oxygen atoms in total. The average molecular weight is 310 g/mol. The Morgan fingerprint density at radius 2 is 1.82 bits per heavy atom. The summed E-state index contributed by atoms with van der Waals surface area (Å²) in [5.74, 6) is -0.784. The number of nitrogens with one attached hydrogen (secondary N) is 1. The van der Waals surface area contributed by atoms with Crippen molar-refractivity contribution in [1.29, 1.82) is 0 Å². The first-order chi connectivity index (χ1) is 10.6. The van der Waals surface area contributed by atoms with Gasteiger partial charge in [0.1, 0.15) is 0 Å². The second-order valence-electron chi connectivity index (χ2n) is 4.56. The molecule has 0 bridgehead atoms. The summed E-state index contributed by atoms with van der Waals surface area (Å²) in [6.45, 7) is 5.77. The highest BCUT2D eigenvalue weighted by atomic mass is 16.5. The Bertz CT molecular complexity index is 416. The molecule has 122 valence electrons. The molecule has 1 aliphatic heterocycles. The zero-order chi connectivity index (χ0) is 16.2. The molecule has 1 rings (SSSR count). The van der Waals surface area contributed by atoms with E-state index in [4.69, 9.17) is 9.47 Å². The van der Waals surface area contributed by atoms with E-state index in [1.54, 1.807) is 6.08 Å². The summed E-state index contributed by atoms with van der Waals surface area (Å²) in [5, 5.41) is 2.71. The minimum absolute atomic E-state index is 0.123. The Hall–Kier alpha value is -1.99. The van der Waals surface area contributed by atoms with Gasteiger partial charge in [-0.05, 0) is 6.42 Å². The highest BCUT2D eigenvalue weighted by Gasteiger charge is 2.22. The van der Waals surface area contributed by atoms with Gasteiger partial charge in [0.15, 0.2) is 0 Å². The van der Waals surface area contributed by atoms with E-state index in [0.717, 1.165) is 11.3 Å². The SMILES string of the molecule is C=CCCOCCNC(=O)CCOCCN1C(=O)C=CC1=O. The van der Waals surface area contributed by atoms with Gasteiger partial charge in [0, 0.05) is 25.1 Å². The smallest absolute Gasteiger partial charge is 0.253 e. The lowest BCUT2D eigenvalue weighted by atomic mass is 10.4. The quantitative estimate of drug-likeness (QED) is 0.312. The third-order valence-corrected chi connectivity index (χ3v) is 2.87. The van der Waals surface area contributed by atoms with E-state index in [0.29, 0.717) is 19.8 Å². The van der Waals surface area contributed by atoms with E-state index < -0.39 is 0 Å². The fourth-order valence-electron chi connectivity index (χ4n) is 1.69. The zero-order valence-electron chi connectivity index (χ0n) is 12.6. The molecule has 1 heterocycles. The number of carbonyl (C=O) groups is 3. The monoisotopic (exact) mass is 310 g/mol. The number of hydrogen-bond acceptors (Lipinski definition) is 5. The Morgan fingerprint density at radius 1 is 1.14 bits per heavy atom. The van der Waals surface area contributed by atoms with Crippen molar-refractivity contribution >= 4 is 17.7 Å². The molecule has 7 heteroatoms. The van der Waals surface area contributed by atoms with E-state index in [2.05, 4.69) is 11.9 Å². The second kappa shape index (κ2) is 10.7. The molecule has 0 saturated heterocycles. The number of nitrogens with zero attached hydrogens (tertiary/aromatic N) is 1. The van der Waals surface area contributed by atoms with Crippen LogP contribution in [0.4, 0.5) is 0 Å². The maximum Gasteiger partial charge on any atom is 0.253 e. The molecule has 0 aromatic heterocycles. The van der Waals surface area contributed by atoms with E-state index >= 15 is 0 Å². The van der Waals surface area contributed by atoms with Crippen molar-refractivity contribution in [1.82, 2.24) is 10.2 Å². The minimum atomic E-state index is -0.331. The molecule has 0 fully saturated rings. The van der Waals surface area contributed by atoms with Crippen LogP contribution in [0.3, 0.4) is 0 Å². The van der Waals surface area contributed by atoms with Crippen molar-refractivity contribution < 1.29 is 23.9 Å². The van der Waals surface area contributed by atoms with Crippen molar-refractivity contribution in [2.45, 2.75) is 12.8 Å². The standard InChI is InChI=1S/C15H22N2O5/c1-2-3-9-21-11-7-16-13(18)6-10-22-12-8-17-14(19)4-5-15(17)20/h2,4-5H,1,3,6-12H2,(H,16,18). The number of amides is 3. The van der Waals surface area contributed by atoms with E-state index in [1.807, 2.05) is 0 Å². The zero-order valence-corrected chi connectivity index (χ0v) is 12.6. The number of rotatable bonds is 12. The van der Waals surface area contributed by atoms with Gasteiger partial charge < -0.3 is 14.8 Å². The van der Waals surface area contributed by atoms with E-state index in [-0.39, 0.29) is 43.9 Å². The first kappa shape index (κ1) is 18.1.